The van der Waals surface area contributed by atoms with E-state index >= 15 is 0 Å². The van der Waals surface area contributed by atoms with E-state index in [2.05, 4.69) is 56.0 Å². The summed E-state index contributed by atoms with van der Waals surface area (Å²) in [6.45, 7) is 10.9. The molecule has 1 fully saturated rings. The van der Waals surface area contributed by atoms with Crippen LogP contribution in [0.25, 0.3) is 0 Å². The van der Waals surface area contributed by atoms with Crippen LogP contribution >= 0.6 is 0 Å². The average Bonchev–Trinajstić information content (AvgIpc) is 2.92. The molecular weight excluding hydrogens is 352 g/mol. The van der Waals surface area contributed by atoms with E-state index in [1.807, 2.05) is 0 Å². The third kappa shape index (κ3) is 8.98. The van der Waals surface area contributed by atoms with Crippen molar-refractivity contribution in [2.24, 2.45) is 0 Å². The molecule has 1 aliphatic heterocycles. The van der Waals surface area contributed by atoms with E-state index in [0.717, 1.165) is 6.54 Å². The molecule has 0 spiro atoms. The minimum Gasteiger partial charge on any atom is -1.00 e. The highest BCUT2D eigenvalue weighted by molar-refractivity contribution is 5.14. The van der Waals surface area contributed by atoms with E-state index in [-0.39, 0.29) is 12.4 Å². The van der Waals surface area contributed by atoms with Gasteiger partial charge in [-0.2, -0.15) is 0 Å². The van der Waals surface area contributed by atoms with Gasteiger partial charge in [0.15, 0.2) is 0 Å². The van der Waals surface area contributed by atoms with Gasteiger partial charge in [0.05, 0.1) is 19.1 Å². The molecule has 2 rings (SSSR count). The van der Waals surface area contributed by atoms with Crippen LogP contribution in [-0.2, 0) is 6.54 Å². The van der Waals surface area contributed by atoms with Gasteiger partial charge >= 0.3 is 0 Å². The summed E-state index contributed by atoms with van der Waals surface area (Å²) in [4.78, 5) is 4.49. The third-order valence-corrected chi connectivity index (χ3v) is 6.27. The monoisotopic (exact) mass is 394 g/mol. The van der Waals surface area contributed by atoms with Gasteiger partial charge in [-0.05, 0) is 25.3 Å². The minimum atomic E-state index is 0. The number of nitrogens with zero attached hydrogens (tertiary/aromatic N) is 1. The highest BCUT2D eigenvalue weighted by Gasteiger charge is 2.37. The Morgan fingerprint density at radius 2 is 1.41 bits per heavy atom. The Labute approximate surface area is 175 Å². The van der Waals surface area contributed by atoms with Gasteiger partial charge in [-0.25, -0.2) is 4.90 Å². The van der Waals surface area contributed by atoms with Crippen molar-refractivity contribution < 1.29 is 17.3 Å². The molecule has 156 valence electrons. The fourth-order valence-electron chi connectivity index (χ4n) is 4.52. The molecule has 0 aromatic heterocycles. The number of hydrogen-bond donors (Lipinski definition) is 1. The summed E-state index contributed by atoms with van der Waals surface area (Å²) in [6, 6.07) is 11.7. The van der Waals surface area contributed by atoms with E-state index in [9.17, 15) is 0 Å². The zero-order chi connectivity index (χ0) is 18.6. The van der Waals surface area contributed by atoms with Crippen molar-refractivity contribution in [2.75, 3.05) is 13.1 Å². The molecule has 2 nitrogen and oxygen atoms in total. The van der Waals surface area contributed by atoms with Crippen molar-refractivity contribution in [3.8, 4) is 0 Å². The standard InChI is InChI=1S/C24H42N2.ClH/c1-4-5-6-7-8-9-10-11-12-16-19-25-20-22(2)26(23(25)3)21-24-17-14-13-15-18-24;/h13-15,17-18,22-23H,4-12,16,19-21H2,1-3H3;1H. The first-order chi connectivity index (χ1) is 12.7. The van der Waals surface area contributed by atoms with Gasteiger partial charge in [0, 0.05) is 13.5 Å². The predicted molar refractivity (Wildman–Crippen MR) is 113 cm³/mol. The van der Waals surface area contributed by atoms with Gasteiger partial charge in [-0.15, -0.1) is 0 Å². The van der Waals surface area contributed by atoms with Crippen LogP contribution in [0.3, 0.4) is 0 Å². The van der Waals surface area contributed by atoms with E-state index in [4.69, 9.17) is 0 Å². The minimum absolute atomic E-state index is 0. The summed E-state index contributed by atoms with van der Waals surface area (Å²) < 4.78 is 0. The fourth-order valence-corrected chi connectivity index (χ4v) is 4.52. The lowest BCUT2D eigenvalue weighted by molar-refractivity contribution is -0.917. The molecule has 3 atom stereocenters. The maximum absolute atomic E-state index is 2.70. The second-order valence-corrected chi connectivity index (χ2v) is 8.48. The average molecular weight is 395 g/mol. The van der Waals surface area contributed by atoms with Crippen LogP contribution < -0.4 is 17.3 Å². The molecule has 3 heteroatoms. The molecule has 0 saturated carbocycles. The zero-order valence-electron chi connectivity index (χ0n) is 18.1. The first-order valence-corrected chi connectivity index (χ1v) is 11.4. The van der Waals surface area contributed by atoms with Crippen LogP contribution in [0.1, 0.15) is 90.5 Å². The second kappa shape index (κ2) is 14.4. The molecule has 1 aliphatic rings. The van der Waals surface area contributed by atoms with Gasteiger partial charge in [0.2, 0.25) is 0 Å². The first kappa shape index (κ1) is 24.5. The Balaban J connectivity index is 0.00000364. The van der Waals surface area contributed by atoms with Gasteiger partial charge in [0.25, 0.3) is 0 Å². The van der Waals surface area contributed by atoms with Gasteiger partial charge < -0.3 is 17.3 Å². The molecule has 0 amide bonds. The lowest BCUT2D eigenvalue weighted by Crippen LogP contribution is -3.14. The van der Waals surface area contributed by atoms with Crippen molar-refractivity contribution in [3.63, 3.8) is 0 Å². The summed E-state index contributed by atoms with van der Waals surface area (Å²) in [6.07, 6.45) is 15.0. The molecule has 3 unspecified atom stereocenters. The van der Waals surface area contributed by atoms with E-state index < -0.39 is 0 Å². The van der Waals surface area contributed by atoms with Crippen LogP contribution in [0.4, 0.5) is 0 Å². The molecule has 0 aliphatic carbocycles. The van der Waals surface area contributed by atoms with Gasteiger partial charge in [-0.3, -0.25) is 0 Å². The highest BCUT2D eigenvalue weighted by Crippen LogP contribution is 2.13. The Bertz CT molecular complexity index is 465. The highest BCUT2D eigenvalue weighted by atomic mass is 35.5. The van der Waals surface area contributed by atoms with Crippen molar-refractivity contribution in [3.05, 3.63) is 35.9 Å². The second-order valence-electron chi connectivity index (χ2n) is 8.48. The van der Waals surface area contributed by atoms with Crippen LogP contribution in [0, 0.1) is 0 Å². The molecule has 1 saturated heterocycles. The summed E-state index contributed by atoms with van der Waals surface area (Å²) in [5.41, 5.74) is 1.45. The molecule has 1 aromatic carbocycles. The molecule has 1 aromatic rings. The fraction of sp³-hybridized carbons (Fsp3) is 0.750. The number of unbranched alkanes of at least 4 members (excludes halogenated alkanes) is 9. The Morgan fingerprint density at radius 1 is 0.852 bits per heavy atom. The number of hydrogen-bond acceptors (Lipinski definition) is 1. The van der Waals surface area contributed by atoms with Gasteiger partial charge in [0.1, 0.15) is 6.17 Å². The number of nitrogens with one attached hydrogen (secondary N) is 1. The Hall–Kier alpha value is -0.570. The topological polar surface area (TPSA) is 7.68 Å². The van der Waals surface area contributed by atoms with Crippen molar-refractivity contribution >= 4 is 0 Å². The molecular formula is C24H43ClN2. The lowest BCUT2D eigenvalue weighted by atomic mass is 10.1. The SMILES string of the molecule is CCCCCCCCCCCC[NH+]1CC(C)N(Cc2ccccc2)C1C.[Cl-]. The number of halogens is 1. The van der Waals surface area contributed by atoms with Crippen LogP contribution in [-0.4, -0.2) is 30.2 Å². The Kier molecular flexibility index (Phi) is 13.1. The molecule has 1 N–H and O–H groups in total. The lowest BCUT2D eigenvalue weighted by Gasteiger charge is -2.25. The molecule has 1 heterocycles. The van der Waals surface area contributed by atoms with E-state index in [1.165, 1.54) is 82.9 Å². The van der Waals surface area contributed by atoms with Crippen LogP contribution in [0.5, 0.6) is 0 Å². The summed E-state index contributed by atoms with van der Waals surface area (Å²) in [5.74, 6) is 0. The zero-order valence-corrected chi connectivity index (χ0v) is 18.8. The van der Waals surface area contributed by atoms with E-state index in [0.29, 0.717) is 12.2 Å². The number of rotatable bonds is 13. The molecule has 0 radical (unpaired) electrons. The van der Waals surface area contributed by atoms with E-state index in [1.54, 1.807) is 4.90 Å². The van der Waals surface area contributed by atoms with Crippen LogP contribution in [0.2, 0.25) is 0 Å². The Morgan fingerprint density at radius 3 is 2.00 bits per heavy atom. The normalized spacial score (nSPS) is 22.7. The number of quaternary nitrogens is 1. The van der Waals surface area contributed by atoms with Crippen LogP contribution in [0.15, 0.2) is 30.3 Å². The number of benzene rings is 1. The van der Waals surface area contributed by atoms with Crippen molar-refractivity contribution in [1.29, 1.82) is 0 Å². The van der Waals surface area contributed by atoms with Crippen molar-refractivity contribution in [1.82, 2.24) is 4.90 Å². The summed E-state index contributed by atoms with van der Waals surface area (Å²) in [5, 5.41) is 0. The smallest absolute Gasteiger partial charge is 0.141 e. The predicted octanol–water partition coefficient (Wildman–Crippen LogP) is 2.05. The summed E-state index contributed by atoms with van der Waals surface area (Å²) in [7, 11) is 0. The molecule has 0 bridgehead atoms. The first-order valence-electron chi connectivity index (χ1n) is 11.4. The van der Waals surface area contributed by atoms with Crippen molar-refractivity contribution in [2.45, 2.75) is 104 Å². The maximum Gasteiger partial charge on any atom is 0.141 e. The van der Waals surface area contributed by atoms with Gasteiger partial charge in [-0.1, -0.05) is 88.6 Å². The quantitative estimate of drug-likeness (QED) is 0.503. The largest absolute Gasteiger partial charge is 1.00 e. The third-order valence-electron chi connectivity index (χ3n) is 6.27. The summed E-state index contributed by atoms with van der Waals surface area (Å²) >= 11 is 0. The molecule has 27 heavy (non-hydrogen) atoms. The maximum atomic E-state index is 2.70.